The summed E-state index contributed by atoms with van der Waals surface area (Å²) in [5.41, 5.74) is -1.54. The maximum atomic E-state index is 11.4. The molecule has 1 amide bonds. The maximum Gasteiger partial charge on any atom is 0.271 e. The maximum absolute atomic E-state index is 11.4. The summed E-state index contributed by atoms with van der Waals surface area (Å²) in [5, 5.41) is 0.676. The Bertz CT molecular complexity index is 549. The van der Waals surface area contributed by atoms with E-state index < -0.39 is 48.2 Å². The first-order valence-corrected chi connectivity index (χ1v) is 7.94. The van der Waals surface area contributed by atoms with Crippen LogP contribution in [0.25, 0.3) is 0 Å². The van der Waals surface area contributed by atoms with Crippen molar-refractivity contribution in [3.05, 3.63) is 12.7 Å². The van der Waals surface area contributed by atoms with Crippen LogP contribution in [0.1, 0.15) is 6.92 Å². The summed E-state index contributed by atoms with van der Waals surface area (Å²) >= 11 is 0. The van der Waals surface area contributed by atoms with E-state index in [0.717, 1.165) is 6.08 Å². The first kappa shape index (κ1) is 14.1. The number of amides is 1. The van der Waals surface area contributed by atoms with E-state index in [4.69, 9.17) is 4.55 Å². The summed E-state index contributed by atoms with van der Waals surface area (Å²) < 4.78 is 54.1. The van der Waals surface area contributed by atoms with Crippen LogP contribution in [-0.4, -0.2) is 49.6 Å². The second-order valence-corrected chi connectivity index (χ2v) is 7.88. The molecule has 9 heteroatoms. The van der Waals surface area contributed by atoms with Crippen LogP contribution in [0.5, 0.6) is 0 Å². The summed E-state index contributed by atoms with van der Waals surface area (Å²) in [6.07, 6.45) is 0.900. The van der Waals surface area contributed by atoms with Gasteiger partial charge in [0.2, 0.25) is 5.91 Å². The van der Waals surface area contributed by atoms with Crippen molar-refractivity contribution in [2.75, 3.05) is 11.5 Å². The highest BCUT2D eigenvalue weighted by Gasteiger charge is 2.53. The average Bonchev–Trinajstić information content (AvgIpc) is 2.35. The largest absolute Gasteiger partial charge is 0.345 e. The number of rotatable bonds is 3. The van der Waals surface area contributed by atoms with Crippen LogP contribution in [0.4, 0.5) is 0 Å². The fraction of sp³-hybridized carbons (Fsp3) is 0.625. The minimum Gasteiger partial charge on any atom is -0.345 e. The second-order valence-electron chi connectivity index (χ2n) is 4.17. The summed E-state index contributed by atoms with van der Waals surface area (Å²) in [6.45, 7) is 4.45. The van der Waals surface area contributed by atoms with Crippen molar-refractivity contribution in [3.63, 3.8) is 0 Å². The molecule has 17 heavy (non-hydrogen) atoms. The highest BCUT2D eigenvalue weighted by atomic mass is 32.2. The molecular formula is C8H13NO6S2. The first-order valence-electron chi connectivity index (χ1n) is 4.61. The molecule has 1 fully saturated rings. The van der Waals surface area contributed by atoms with E-state index in [2.05, 4.69) is 11.9 Å². The number of hydrogen-bond donors (Lipinski definition) is 2. The third-order valence-corrected chi connectivity index (χ3v) is 6.09. The molecule has 0 bridgehead atoms. The molecule has 7 nitrogen and oxygen atoms in total. The van der Waals surface area contributed by atoms with E-state index in [1.54, 1.807) is 0 Å². The van der Waals surface area contributed by atoms with Gasteiger partial charge in [0, 0.05) is 0 Å². The quantitative estimate of drug-likeness (QED) is 0.492. The normalized spacial score (nSPS) is 32.0. The molecule has 1 aliphatic heterocycles. The molecule has 2 N–H and O–H groups in total. The molecule has 1 saturated heterocycles. The van der Waals surface area contributed by atoms with Gasteiger partial charge in [-0.3, -0.25) is 9.35 Å². The zero-order chi connectivity index (χ0) is 13.5. The Balaban J connectivity index is 3.19. The van der Waals surface area contributed by atoms with Gasteiger partial charge in [-0.1, -0.05) is 6.58 Å². The standard InChI is InChI=1S/C8H13NO6S2/c1-3-7(10)9-8(2)5-16(11,12)4-6(8)17(13,14)15/h3,6H,1,4-5H2,2H3,(H,9,10)(H,13,14,15). The van der Waals surface area contributed by atoms with Gasteiger partial charge < -0.3 is 5.32 Å². The van der Waals surface area contributed by atoms with Gasteiger partial charge in [-0.05, 0) is 13.0 Å². The molecule has 0 aromatic carbocycles. The van der Waals surface area contributed by atoms with Gasteiger partial charge in [0.05, 0.1) is 17.0 Å². The van der Waals surface area contributed by atoms with E-state index >= 15 is 0 Å². The van der Waals surface area contributed by atoms with E-state index in [1.807, 2.05) is 0 Å². The van der Waals surface area contributed by atoms with Gasteiger partial charge in [-0.2, -0.15) is 8.42 Å². The molecule has 0 saturated carbocycles. The molecule has 0 aromatic heterocycles. The van der Waals surface area contributed by atoms with Gasteiger partial charge in [0.25, 0.3) is 10.1 Å². The van der Waals surface area contributed by atoms with Crippen molar-refractivity contribution in [3.8, 4) is 0 Å². The van der Waals surface area contributed by atoms with Crippen LogP contribution in [0, 0.1) is 0 Å². The van der Waals surface area contributed by atoms with Crippen molar-refractivity contribution < 1.29 is 26.2 Å². The van der Waals surface area contributed by atoms with Gasteiger partial charge >= 0.3 is 0 Å². The Kier molecular flexibility index (Phi) is 3.38. The Morgan fingerprint density at radius 1 is 1.59 bits per heavy atom. The third-order valence-electron chi connectivity index (χ3n) is 2.59. The number of carbonyl (C=O) groups is 1. The predicted molar refractivity (Wildman–Crippen MR) is 60.7 cm³/mol. The Labute approximate surface area is 99.6 Å². The molecule has 1 aliphatic rings. The molecule has 0 radical (unpaired) electrons. The lowest BCUT2D eigenvalue weighted by Crippen LogP contribution is -2.56. The van der Waals surface area contributed by atoms with Crippen LogP contribution >= 0.6 is 0 Å². The van der Waals surface area contributed by atoms with Crippen molar-refractivity contribution >= 4 is 25.9 Å². The molecule has 2 atom stereocenters. The monoisotopic (exact) mass is 283 g/mol. The van der Waals surface area contributed by atoms with Gasteiger partial charge in [-0.15, -0.1) is 0 Å². The lowest BCUT2D eigenvalue weighted by molar-refractivity contribution is -0.117. The zero-order valence-electron chi connectivity index (χ0n) is 9.08. The number of hydrogen-bond acceptors (Lipinski definition) is 5. The number of nitrogens with one attached hydrogen (secondary N) is 1. The third kappa shape index (κ3) is 3.05. The Morgan fingerprint density at radius 2 is 2.12 bits per heavy atom. The van der Waals surface area contributed by atoms with Crippen molar-refractivity contribution in [2.24, 2.45) is 0 Å². The van der Waals surface area contributed by atoms with Crippen molar-refractivity contribution in [1.82, 2.24) is 5.32 Å². The van der Waals surface area contributed by atoms with Crippen LogP contribution in [-0.2, 0) is 24.7 Å². The SMILES string of the molecule is C=CC(=O)NC1(C)CS(=O)(=O)CC1S(=O)(=O)O. The molecule has 0 aromatic rings. The van der Waals surface area contributed by atoms with Gasteiger partial charge in [0.15, 0.2) is 9.84 Å². The van der Waals surface area contributed by atoms with Crippen LogP contribution in [0.3, 0.4) is 0 Å². The van der Waals surface area contributed by atoms with Gasteiger partial charge in [-0.25, -0.2) is 8.42 Å². The summed E-state index contributed by atoms with van der Waals surface area (Å²) in [7, 11) is -8.19. The van der Waals surface area contributed by atoms with Crippen LogP contribution in [0.2, 0.25) is 0 Å². The van der Waals surface area contributed by atoms with Gasteiger partial charge in [0.1, 0.15) is 5.25 Å². The Morgan fingerprint density at radius 3 is 2.53 bits per heavy atom. The number of sulfone groups is 1. The second kappa shape index (κ2) is 4.07. The Hall–Kier alpha value is -0.930. The highest BCUT2D eigenvalue weighted by molar-refractivity contribution is 7.94. The smallest absolute Gasteiger partial charge is 0.271 e. The lowest BCUT2D eigenvalue weighted by atomic mass is 10.0. The van der Waals surface area contributed by atoms with Crippen molar-refractivity contribution in [1.29, 1.82) is 0 Å². The molecule has 1 heterocycles. The topological polar surface area (TPSA) is 118 Å². The fourth-order valence-corrected chi connectivity index (χ4v) is 6.24. The molecule has 98 valence electrons. The summed E-state index contributed by atoms with van der Waals surface area (Å²) in [6, 6.07) is 0. The van der Waals surface area contributed by atoms with E-state index in [9.17, 15) is 21.6 Å². The lowest BCUT2D eigenvalue weighted by Gasteiger charge is -2.28. The summed E-state index contributed by atoms with van der Waals surface area (Å²) in [4.78, 5) is 11.2. The first-order chi connectivity index (χ1) is 7.50. The van der Waals surface area contributed by atoms with Crippen LogP contribution in [0.15, 0.2) is 12.7 Å². The minimum absolute atomic E-state index is 0.538. The minimum atomic E-state index is -4.56. The predicted octanol–water partition coefficient (Wildman–Crippen LogP) is -1.27. The molecule has 2 unspecified atom stereocenters. The summed E-state index contributed by atoms with van der Waals surface area (Å²) in [5.74, 6) is -1.94. The zero-order valence-corrected chi connectivity index (χ0v) is 10.7. The molecule has 1 rings (SSSR count). The van der Waals surface area contributed by atoms with E-state index in [1.165, 1.54) is 6.92 Å². The van der Waals surface area contributed by atoms with Crippen molar-refractivity contribution in [2.45, 2.75) is 17.7 Å². The molecule has 0 aliphatic carbocycles. The fourth-order valence-electron chi connectivity index (χ4n) is 1.89. The molecular weight excluding hydrogens is 270 g/mol. The number of carbonyl (C=O) groups excluding carboxylic acids is 1. The highest BCUT2D eigenvalue weighted by Crippen LogP contribution is 2.28. The van der Waals surface area contributed by atoms with Crippen LogP contribution < -0.4 is 5.32 Å². The average molecular weight is 283 g/mol. The molecule has 0 spiro atoms. The van der Waals surface area contributed by atoms with E-state index in [0.29, 0.717) is 0 Å². The van der Waals surface area contributed by atoms with E-state index in [-0.39, 0.29) is 0 Å².